The summed E-state index contributed by atoms with van der Waals surface area (Å²) in [6, 6.07) is 15.8. The van der Waals surface area contributed by atoms with Gasteiger partial charge in [0.2, 0.25) is 5.88 Å². The third kappa shape index (κ3) is 4.86. The zero-order chi connectivity index (χ0) is 18.4. The van der Waals surface area contributed by atoms with E-state index in [0.717, 1.165) is 29.3 Å². The van der Waals surface area contributed by atoms with E-state index < -0.39 is 17.5 Å². The Morgan fingerprint density at radius 3 is 2.42 bits per heavy atom. The summed E-state index contributed by atoms with van der Waals surface area (Å²) in [7, 11) is 0. The van der Waals surface area contributed by atoms with Crippen molar-refractivity contribution >= 4 is 5.91 Å². The summed E-state index contributed by atoms with van der Waals surface area (Å²) < 4.78 is 32.0. The van der Waals surface area contributed by atoms with Crippen LogP contribution in [-0.4, -0.2) is 10.9 Å². The van der Waals surface area contributed by atoms with Crippen molar-refractivity contribution in [1.82, 2.24) is 10.3 Å². The van der Waals surface area contributed by atoms with Crippen molar-refractivity contribution in [2.75, 3.05) is 0 Å². The minimum atomic E-state index is -0.796. The normalized spacial score (nSPS) is 10.4. The fourth-order valence-electron chi connectivity index (χ4n) is 2.34. The Bertz CT molecular complexity index is 881. The highest BCUT2D eigenvalue weighted by atomic mass is 19.1. The predicted molar refractivity (Wildman–Crippen MR) is 92.5 cm³/mol. The molecule has 0 aliphatic heterocycles. The molecule has 0 bridgehead atoms. The Morgan fingerprint density at radius 1 is 0.962 bits per heavy atom. The maximum absolute atomic E-state index is 13.2. The molecule has 0 aliphatic rings. The van der Waals surface area contributed by atoms with Gasteiger partial charge >= 0.3 is 0 Å². The monoisotopic (exact) mass is 354 g/mol. The SMILES string of the molecule is O=C(NCc1ccnc(OCc2ccccc2)c1)c1cc(F)cc(F)c1. The second-order valence-electron chi connectivity index (χ2n) is 5.62. The van der Waals surface area contributed by atoms with Crippen LogP contribution in [0.3, 0.4) is 0 Å². The lowest BCUT2D eigenvalue weighted by molar-refractivity contribution is 0.0950. The van der Waals surface area contributed by atoms with Crippen LogP contribution in [0.5, 0.6) is 5.88 Å². The lowest BCUT2D eigenvalue weighted by atomic mass is 10.2. The summed E-state index contributed by atoms with van der Waals surface area (Å²) in [6.45, 7) is 0.563. The quantitative estimate of drug-likeness (QED) is 0.731. The largest absolute Gasteiger partial charge is 0.473 e. The van der Waals surface area contributed by atoms with Crippen LogP contribution >= 0.6 is 0 Å². The Balaban J connectivity index is 1.59. The van der Waals surface area contributed by atoms with E-state index in [9.17, 15) is 13.6 Å². The van der Waals surface area contributed by atoms with Gasteiger partial charge in [-0.3, -0.25) is 4.79 Å². The van der Waals surface area contributed by atoms with Crippen molar-refractivity contribution < 1.29 is 18.3 Å². The van der Waals surface area contributed by atoms with Gasteiger partial charge < -0.3 is 10.1 Å². The number of halogens is 2. The summed E-state index contributed by atoms with van der Waals surface area (Å²) in [5.74, 6) is -1.73. The Hall–Kier alpha value is -3.28. The lowest BCUT2D eigenvalue weighted by Crippen LogP contribution is -2.23. The number of amides is 1. The Kier molecular flexibility index (Phi) is 5.53. The number of hydrogen-bond acceptors (Lipinski definition) is 3. The van der Waals surface area contributed by atoms with E-state index in [0.29, 0.717) is 12.5 Å². The summed E-state index contributed by atoms with van der Waals surface area (Å²) in [6.07, 6.45) is 1.57. The molecule has 0 fully saturated rings. The third-order valence-corrected chi connectivity index (χ3v) is 3.61. The van der Waals surface area contributed by atoms with Gasteiger partial charge in [0, 0.05) is 30.4 Å². The fraction of sp³-hybridized carbons (Fsp3) is 0.100. The van der Waals surface area contributed by atoms with Crippen LogP contribution in [-0.2, 0) is 13.2 Å². The van der Waals surface area contributed by atoms with Crippen LogP contribution in [0.15, 0.2) is 66.9 Å². The maximum atomic E-state index is 13.2. The van der Waals surface area contributed by atoms with Crippen molar-refractivity contribution in [2.24, 2.45) is 0 Å². The number of nitrogens with zero attached hydrogens (tertiary/aromatic N) is 1. The van der Waals surface area contributed by atoms with Crippen molar-refractivity contribution in [3.63, 3.8) is 0 Å². The van der Waals surface area contributed by atoms with Gasteiger partial charge in [0.15, 0.2) is 0 Å². The summed E-state index contributed by atoms with van der Waals surface area (Å²) in [5, 5.41) is 2.62. The topological polar surface area (TPSA) is 51.2 Å². The zero-order valence-corrected chi connectivity index (χ0v) is 13.8. The van der Waals surface area contributed by atoms with Crippen molar-refractivity contribution in [3.05, 3.63) is 95.2 Å². The predicted octanol–water partition coefficient (Wildman–Crippen LogP) is 3.87. The molecule has 0 atom stereocenters. The van der Waals surface area contributed by atoms with Crippen LogP contribution in [0.2, 0.25) is 0 Å². The van der Waals surface area contributed by atoms with Crippen LogP contribution in [0.1, 0.15) is 21.5 Å². The highest BCUT2D eigenvalue weighted by Crippen LogP contribution is 2.13. The molecule has 0 aliphatic carbocycles. The molecule has 0 unspecified atom stereocenters. The standard InChI is InChI=1S/C20H16F2N2O2/c21-17-9-16(10-18(22)11-17)20(25)24-12-15-6-7-23-19(8-15)26-13-14-4-2-1-3-5-14/h1-11H,12-13H2,(H,24,25). The summed E-state index contributed by atoms with van der Waals surface area (Å²) in [4.78, 5) is 16.2. The first-order valence-corrected chi connectivity index (χ1v) is 7.96. The van der Waals surface area contributed by atoms with E-state index in [2.05, 4.69) is 10.3 Å². The molecule has 4 nitrogen and oxygen atoms in total. The minimum Gasteiger partial charge on any atom is -0.473 e. The molecular weight excluding hydrogens is 338 g/mol. The minimum absolute atomic E-state index is 0.0721. The van der Waals surface area contributed by atoms with Gasteiger partial charge in [0.25, 0.3) is 5.91 Å². The number of ether oxygens (including phenoxy) is 1. The number of carbonyl (C=O) groups is 1. The molecule has 1 aromatic heterocycles. The van der Waals surface area contributed by atoms with Gasteiger partial charge in [-0.05, 0) is 29.3 Å². The molecular formula is C20H16F2N2O2. The molecule has 2 aromatic carbocycles. The molecule has 1 N–H and O–H groups in total. The number of nitrogens with one attached hydrogen (secondary N) is 1. The first-order chi connectivity index (χ1) is 12.6. The van der Waals surface area contributed by atoms with Crippen LogP contribution < -0.4 is 10.1 Å². The van der Waals surface area contributed by atoms with Gasteiger partial charge in [-0.25, -0.2) is 13.8 Å². The van der Waals surface area contributed by atoms with Crippen molar-refractivity contribution in [1.29, 1.82) is 0 Å². The number of aromatic nitrogens is 1. The second-order valence-corrected chi connectivity index (χ2v) is 5.62. The molecule has 0 spiro atoms. The van der Waals surface area contributed by atoms with Crippen LogP contribution in [0.4, 0.5) is 8.78 Å². The molecule has 3 rings (SSSR count). The highest BCUT2D eigenvalue weighted by Gasteiger charge is 2.09. The number of rotatable bonds is 6. The molecule has 26 heavy (non-hydrogen) atoms. The molecule has 1 amide bonds. The molecule has 0 saturated carbocycles. The smallest absolute Gasteiger partial charge is 0.251 e. The molecule has 1 heterocycles. The summed E-state index contributed by atoms with van der Waals surface area (Å²) in [5.41, 5.74) is 1.70. The maximum Gasteiger partial charge on any atom is 0.251 e. The van der Waals surface area contributed by atoms with E-state index in [1.807, 2.05) is 30.3 Å². The van der Waals surface area contributed by atoms with Gasteiger partial charge in [-0.15, -0.1) is 0 Å². The first kappa shape index (κ1) is 17.5. The van der Waals surface area contributed by atoms with Crippen molar-refractivity contribution in [3.8, 4) is 5.88 Å². The Morgan fingerprint density at radius 2 is 1.69 bits per heavy atom. The van der Waals surface area contributed by atoms with Crippen molar-refractivity contribution in [2.45, 2.75) is 13.2 Å². The lowest BCUT2D eigenvalue weighted by Gasteiger charge is -2.09. The molecule has 3 aromatic rings. The first-order valence-electron chi connectivity index (χ1n) is 7.96. The number of pyridine rings is 1. The molecule has 0 radical (unpaired) electrons. The van der Waals surface area contributed by atoms with E-state index >= 15 is 0 Å². The fourth-order valence-corrected chi connectivity index (χ4v) is 2.34. The average Bonchev–Trinajstić information content (AvgIpc) is 2.65. The van der Waals surface area contributed by atoms with Gasteiger partial charge in [0.1, 0.15) is 18.2 Å². The number of benzene rings is 2. The van der Waals surface area contributed by atoms with E-state index in [1.54, 1.807) is 18.3 Å². The molecule has 132 valence electrons. The molecule has 0 saturated heterocycles. The zero-order valence-electron chi connectivity index (χ0n) is 13.8. The number of hydrogen-bond donors (Lipinski definition) is 1. The summed E-state index contributed by atoms with van der Waals surface area (Å²) >= 11 is 0. The number of carbonyl (C=O) groups excluding carboxylic acids is 1. The van der Waals surface area contributed by atoms with Crippen LogP contribution in [0.25, 0.3) is 0 Å². The van der Waals surface area contributed by atoms with E-state index in [1.165, 1.54) is 0 Å². The van der Waals surface area contributed by atoms with Crippen LogP contribution in [0, 0.1) is 11.6 Å². The van der Waals surface area contributed by atoms with Gasteiger partial charge in [0.05, 0.1) is 0 Å². The van der Waals surface area contributed by atoms with E-state index in [-0.39, 0.29) is 12.1 Å². The van der Waals surface area contributed by atoms with Gasteiger partial charge in [-0.1, -0.05) is 30.3 Å². The second kappa shape index (κ2) is 8.20. The van der Waals surface area contributed by atoms with E-state index in [4.69, 9.17) is 4.74 Å². The average molecular weight is 354 g/mol. The third-order valence-electron chi connectivity index (χ3n) is 3.61. The van der Waals surface area contributed by atoms with Gasteiger partial charge in [-0.2, -0.15) is 0 Å². The molecule has 6 heteroatoms. The highest BCUT2D eigenvalue weighted by molar-refractivity contribution is 5.94. The Labute approximate surface area is 149 Å².